The van der Waals surface area contributed by atoms with Crippen molar-refractivity contribution >= 4 is 53.1 Å². The van der Waals surface area contributed by atoms with Gasteiger partial charge in [0.15, 0.2) is 0 Å². The molecule has 0 amide bonds. The molecule has 0 N–H and O–H groups in total. The van der Waals surface area contributed by atoms with Crippen LogP contribution in [0.2, 0.25) is 0 Å². The van der Waals surface area contributed by atoms with Crippen molar-refractivity contribution < 1.29 is 0 Å². The van der Waals surface area contributed by atoms with Crippen LogP contribution in [0.25, 0.3) is 86.4 Å². The molecule has 0 saturated carbocycles. The number of aromatic nitrogens is 1. The summed E-state index contributed by atoms with van der Waals surface area (Å²) in [5, 5.41) is 7.62. The molecule has 0 radical (unpaired) electrons. The first kappa shape index (κ1) is 25.9. The van der Waals surface area contributed by atoms with Crippen molar-refractivity contribution in [1.82, 2.24) is 4.98 Å². The maximum atomic E-state index is 4.86. The largest absolute Gasteiger partial charge is 0.255 e. The SMILES string of the molecule is c1ccc(-c2ccc(-c3c4ccccc4c(-c4ccc(-c5nccc6c5sc5ccccc56)cc4)c4ccccc34)cc2)cc1. The Kier molecular flexibility index (Phi) is 6.07. The number of thiophene rings is 1. The van der Waals surface area contributed by atoms with Crippen LogP contribution in [0.1, 0.15) is 0 Å². The molecule has 2 aromatic heterocycles. The van der Waals surface area contributed by atoms with Crippen LogP contribution >= 0.6 is 11.3 Å². The third-order valence-corrected chi connectivity index (χ3v) is 10.1. The van der Waals surface area contributed by atoms with Crippen LogP contribution in [-0.4, -0.2) is 4.98 Å². The van der Waals surface area contributed by atoms with E-state index in [0.717, 1.165) is 11.3 Å². The third kappa shape index (κ3) is 4.26. The van der Waals surface area contributed by atoms with Gasteiger partial charge in [-0.3, -0.25) is 4.98 Å². The van der Waals surface area contributed by atoms with Gasteiger partial charge in [-0.05, 0) is 67.1 Å². The Balaban J connectivity index is 1.20. The average Bonchev–Trinajstić information content (AvgIpc) is 3.50. The summed E-state index contributed by atoms with van der Waals surface area (Å²) in [7, 11) is 0. The van der Waals surface area contributed by atoms with Crippen LogP contribution in [0.3, 0.4) is 0 Å². The van der Waals surface area contributed by atoms with Crippen molar-refractivity contribution in [3.63, 3.8) is 0 Å². The van der Waals surface area contributed by atoms with Crippen molar-refractivity contribution in [2.75, 3.05) is 0 Å². The molecule has 0 aliphatic heterocycles. The van der Waals surface area contributed by atoms with Gasteiger partial charge in [0.1, 0.15) is 0 Å². The second-order valence-corrected chi connectivity index (χ2v) is 12.5. The summed E-state index contributed by atoms with van der Waals surface area (Å²) in [6.07, 6.45) is 1.94. The smallest absolute Gasteiger partial charge is 0.0880 e. The summed E-state index contributed by atoms with van der Waals surface area (Å²) in [5.74, 6) is 0. The molecule has 1 nitrogen and oxygen atoms in total. The Morgan fingerprint density at radius 1 is 0.333 bits per heavy atom. The van der Waals surface area contributed by atoms with E-state index in [4.69, 9.17) is 4.98 Å². The minimum Gasteiger partial charge on any atom is -0.255 e. The monoisotopic (exact) mass is 589 g/mol. The number of fused-ring (bicyclic) bond motifs is 5. The first-order chi connectivity index (χ1) is 22.3. The molecule has 210 valence electrons. The lowest BCUT2D eigenvalue weighted by atomic mass is 9.85. The zero-order valence-electron chi connectivity index (χ0n) is 24.4. The van der Waals surface area contributed by atoms with Gasteiger partial charge in [0.2, 0.25) is 0 Å². The van der Waals surface area contributed by atoms with Gasteiger partial charge in [-0.1, -0.05) is 146 Å². The lowest BCUT2D eigenvalue weighted by molar-refractivity contribution is 1.37. The molecule has 2 heterocycles. The van der Waals surface area contributed by atoms with Crippen molar-refractivity contribution in [2.45, 2.75) is 0 Å². The highest BCUT2D eigenvalue weighted by Crippen LogP contribution is 2.45. The van der Waals surface area contributed by atoms with E-state index in [0.29, 0.717) is 0 Å². The van der Waals surface area contributed by atoms with Crippen molar-refractivity contribution in [2.24, 2.45) is 0 Å². The molecule has 7 aromatic carbocycles. The molecule has 45 heavy (non-hydrogen) atoms. The summed E-state index contributed by atoms with van der Waals surface area (Å²) in [4.78, 5) is 4.86. The van der Waals surface area contributed by atoms with Gasteiger partial charge in [0.05, 0.1) is 10.4 Å². The molecule has 2 heteroatoms. The van der Waals surface area contributed by atoms with Gasteiger partial charge in [0, 0.05) is 27.2 Å². The standard InChI is InChI=1S/C43H27NS/c1-2-10-28(11-3-1)29-18-20-30(21-19-29)40-34-13-4-6-15-36(34)41(37-16-7-5-14-35(37)40)31-22-24-32(25-23-31)42-43-38(26-27-44-42)33-12-8-9-17-39(33)45-43/h1-27H. The molecule has 0 saturated heterocycles. The second kappa shape index (κ2) is 10.6. The molecule has 0 aliphatic carbocycles. The number of nitrogens with zero attached hydrogens (tertiary/aromatic N) is 1. The lowest BCUT2D eigenvalue weighted by Crippen LogP contribution is -1.91. The molecule has 0 fully saturated rings. The van der Waals surface area contributed by atoms with Gasteiger partial charge < -0.3 is 0 Å². The fourth-order valence-electron chi connectivity index (χ4n) is 6.86. The van der Waals surface area contributed by atoms with E-state index in [-0.39, 0.29) is 0 Å². The number of rotatable bonds is 4. The van der Waals surface area contributed by atoms with Crippen molar-refractivity contribution in [1.29, 1.82) is 0 Å². The molecule has 9 rings (SSSR count). The molecular formula is C43H27NS. The lowest BCUT2D eigenvalue weighted by Gasteiger charge is -2.18. The Morgan fingerprint density at radius 3 is 1.36 bits per heavy atom. The number of hydrogen-bond acceptors (Lipinski definition) is 2. The van der Waals surface area contributed by atoms with Gasteiger partial charge in [-0.2, -0.15) is 0 Å². The van der Waals surface area contributed by atoms with Crippen LogP contribution in [0.15, 0.2) is 164 Å². The van der Waals surface area contributed by atoms with Gasteiger partial charge >= 0.3 is 0 Å². The Morgan fingerprint density at radius 2 is 0.778 bits per heavy atom. The van der Waals surface area contributed by atoms with Gasteiger partial charge in [-0.15, -0.1) is 11.3 Å². The Bertz CT molecular complexity index is 2450. The van der Waals surface area contributed by atoms with E-state index < -0.39 is 0 Å². The minimum absolute atomic E-state index is 1.05. The maximum Gasteiger partial charge on any atom is 0.0880 e. The van der Waals surface area contributed by atoms with Crippen LogP contribution in [0.5, 0.6) is 0 Å². The number of benzene rings is 7. The van der Waals surface area contributed by atoms with Crippen LogP contribution in [-0.2, 0) is 0 Å². The fraction of sp³-hybridized carbons (Fsp3) is 0. The zero-order chi connectivity index (χ0) is 29.7. The van der Waals surface area contributed by atoms with Crippen LogP contribution in [0.4, 0.5) is 0 Å². The predicted octanol–water partition coefficient (Wildman–Crippen LogP) is 12.4. The predicted molar refractivity (Wildman–Crippen MR) is 194 cm³/mol. The molecular weight excluding hydrogens is 563 g/mol. The first-order valence-electron chi connectivity index (χ1n) is 15.3. The van der Waals surface area contributed by atoms with E-state index >= 15 is 0 Å². The maximum absolute atomic E-state index is 4.86. The topological polar surface area (TPSA) is 12.9 Å². The van der Waals surface area contributed by atoms with E-state index in [9.17, 15) is 0 Å². The highest BCUT2D eigenvalue weighted by atomic mass is 32.1. The average molecular weight is 590 g/mol. The van der Waals surface area contributed by atoms with E-state index in [1.165, 1.54) is 75.1 Å². The van der Waals surface area contributed by atoms with E-state index in [1.807, 2.05) is 17.5 Å². The third-order valence-electron chi connectivity index (χ3n) is 8.95. The van der Waals surface area contributed by atoms with E-state index in [2.05, 4.69) is 158 Å². The van der Waals surface area contributed by atoms with Gasteiger partial charge in [-0.25, -0.2) is 0 Å². The highest BCUT2D eigenvalue weighted by Gasteiger charge is 2.17. The molecule has 0 bridgehead atoms. The highest BCUT2D eigenvalue weighted by molar-refractivity contribution is 7.26. The van der Waals surface area contributed by atoms with E-state index in [1.54, 1.807) is 0 Å². The molecule has 0 atom stereocenters. The minimum atomic E-state index is 1.05. The zero-order valence-corrected chi connectivity index (χ0v) is 25.3. The summed E-state index contributed by atoms with van der Waals surface area (Å²) in [6, 6.07) is 57.1. The summed E-state index contributed by atoms with van der Waals surface area (Å²) in [6.45, 7) is 0. The summed E-state index contributed by atoms with van der Waals surface area (Å²) < 4.78 is 2.54. The quantitative estimate of drug-likeness (QED) is 0.186. The van der Waals surface area contributed by atoms with Crippen molar-refractivity contribution in [3.05, 3.63) is 164 Å². The first-order valence-corrected chi connectivity index (χ1v) is 16.1. The molecule has 0 spiro atoms. The van der Waals surface area contributed by atoms with Crippen LogP contribution < -0.4 is 0 Å². The number of pyridine rings is 1. The second-order valence-electron chi connectivity index (χ2n) is 11.5. The molecule has 0 aliphatic rings. The summed E-state index contributed by atoms with van der Waals surface area (Å²) >= 11 is 1.82. The fourth-order valence-corrected chi connectivity index (χ4v) is 8.07. The number of hydrogen-bond donors (Lipinski definition) is 0. The Hall–Kier alpha value is -5.57. The molecule has 0 unspecified atom stereocenters. The normalized spacial score (nSPS) is 11.6. The van der Waals surface area contributed by atoms with Crippen LogP contribution in [0, 0.1) is 0 Å². The van der Waals surface area contributed by atoms with Crippen molar-refractivity contribution in [3.8, 4) is 44.6 Å². The summed E-state index contributed by atoms with van der Waals surface area (Å²) in [5.41, 5.74) is 9.63. The van der Waals surface area contributed by atoms with Gasteiger partial charge in [0.25, 0.3) is 0 Å². The molecule has 9 aromatic rings. The Labute approximate surface area is 265 Å².